The minimum absolute atomic E-state index is 0.0384. The number of nitrogen functional groups attached to an aromatic ring is 1. The Balaban J connectivity index is 2.12. The lowest BCUT2D eigenvalue weighted by atomic mass is 10.1. The highest BCUT2D eigenvalue weighted by atomic mass is 79.9. The van der Waals surface area contributed by atoms with Crippen molar-refractivity contribution in [2.24, 2.45) is 5.92 Å². The van der Waals surface area contributed by atoms with Crippen LogP contribution in [0.4, 0.5) is 5.69 Å². The predicted molar refractivity (Wildman–Crippen MR) is 78.0 cm³/mol. The third-order valence-electron chi connectivity index (χ3n) is 3.48. The molecule has 1 aromatic carbocycles. The van der Waals surface area contributed by atoms with E-state index in [1.807, 2.05) is 12.1 Å². The molecule has 2 N–H and O–H groups in total. The normalized spacial score (nSPS) is 17.2. The number of nitrogens with two attached hydrogens (primary N) is 1. The zero-order chi connectivity index (χ0) is 13.2. The molecule has 0 saturated heterocycles. The van der Waals surface area contributed by atoms with Crippen LogP contribution in [0.25, 0.3) is 0 Å². The van der Waals surface area contributed by atoms with E-state index in [1.165, 1.54) is 0 Å². The van der Waals surface area contributed by atoms with Crippen LogP contribution in [0.3, 0.4) is 0 Å². The van der Waals surface area contributed by atoms with Gasteiger partial charge in [0.05, 0.1) is 11.5 Å². The second kappa shape index (κ2) is 5.61. The Morgan fingerprint density at radius 3 is 2.56 bits per heavy atom. The molecule has 0 aromatic heterocycles. The number of anilines is 1. The first-order chi connectivity index (χ1) is 8.48. The number of sulfone groups is 1. The van der Waals surface area contributed by atoms with Crippen LogP contribution in [0.5, 0.6) is 0 Å². The third-order valence-corrected chi connectivity index (χ3v) is 5.93. The van der Waals surface area contributed by atoms with Gasteiger partial charge in [-0.05, 0) is 30.9 Å². The minimum Gasteiger partial charge on any atom is -0.398 e. The maximum absolute atomic E-state index is 12.2. The molecule has 1 aliphatic carbocycles. The number of hydrogen-bond acceptors (Lipinski definition) is 3. The molecule has 1 aromatic rings. The van der Waals surface area contributed by atoms with Gasteiger partial charge in [0.1, 0.15) is 0 Å². The van der Waals surface area contributed by atoms with E-state index in [0.29, 0.717) is 22.9 Å². The van der Waals surface area contributed by atoms with E-state index in [2.05, 4.69) is 15.9 Å². The highest BCUT2D eigenvalue weighted by Crippen LogP contribution is 2.29. The van der Waals surface area contributed by atoms with Crippen molar-refractivity contribution in [3.8, 4) is 0 Å². The Labute approximate surface area is 117 Å². The Hall–Kier alpha value is -0.550. The average Bonchev–Trinajstić information content (AvgIpc) is 2.75. The molecule has 1 aliphatic rings. The van der Waals surface area contributed by atoms with Crippen LogP contribution in [0, 0.1) is 5.92 Å². The molecule has 0 amide bonds. The standard InChI is InChI=1S/C13H18BrNO2S/c14-12-6-3-7-13(15)11(12)9-18(16,17)8-10-4-1-2-5-10/h3,6-7,10H,1-2,4-5,8-9,15H2. The van der Waals surface area contributed by atoms with Crippen LogP contribution in [0.1, 0.15) is 31.2 Å². The van der Waals surface area contributed by atoms with Crippen LogP contribution in [-0.2, 0) is 15.6 Å². The van der Waals surface area contributed by atoms with Crippen LogP contribution < -0.4 is 5.73 Å². The average molecular weight is 332 g/mol. The molecule has 2 rings (SSSR count). The maximum atomic E-state index is 12.2. The minimum atomic E-state index is -3.07. The molecule has 0 atom stereocenters. The van der Waals surface area contributed by atoms with Gasteiger partial charge in [-0.25, -0.2) is 8.42 Å². The van der Waals surface area contributed by atoms with Gasteiger partial charge in [0, 0.05) is 15.7 Å². The van der Waals surface area contributed by atoms with Crippen molar-refractivity contribution in [2.45, 2.75) is 31.4 Å². The molecule has 100 valence electrons. The summed E-state index contributed by atoms with van der Waals surface area (Å²) >= 11 is 3.37. The van der Waals surface area contributed by atoms with E-state index in [9.17, 15) is 8.42 Å². The summed E-state index contributed by atoms with van der Waals surface area (Å²) in [5.74, 6) is 0.684. The van der Waals surface area contributed by atoms with Crippen molar-refractivity contribution in [1.82, 2.24) is 0 Å². The highest BCUT2D eigenvalue weighted by Gasteiger charge is 2.24. The van der Waals surface area contributed by atoms with Gasteiger partial charge in [-0.15, -0.1) is 0 Å². The largest absolute Gasteiger partial charge is 0.398 e. The van der Waals surface area contributed by atoms with Crippen LogP contribution in [0.2, 0.25) is 0 Å². The Morgan fingerprint density at radius 2 is 1.94 bits per heavy atom. The molecule has 0 spiro atoms. The molecular formula is C13H18BrNO2S. The number of rotatable bonds is 4. The maximum Gasteiger partial charge on any atom is 0.154 e. The molecule has 3 nitrogen and oxygen atoms in total. The zero-order valence-electron chi connectivity index (χ0n) is 10.2. The third kappa shape index (κ3) is 3.48. The van der Waals surface area contributed by atoms with Crippen molar-refractivity contribution >= 4 is 31.5 Å². The lowest BCUT2D eigenvalue weighted by molar-refractivity contribution is 0.558. The summed E-state index contributed by atoms with van der Waals surface area (Å²) in [6.45, 7) is 0. The second-order valence-electron chi connectivity index (χ2n) is 5.01. The van der Waals surface area contributed by atoms with Gasteiger partial charge in [0.25, 0.3) is 0 Å². The van der Waals surface area contributed by atoms with Gasteiger partial charge in [0.2, 0.25) is 0 Å². The van der Waals surface area contributed by atoms with E-state index in [4.69, 9.17) is 5.73 Å². The zero-order valence-corrected chi connectivity index (χ0v) is 12.6. The van der Waals surface area contributed by atoms with E-state index in [-0.39, 0.29) is 5.75 Å². The molecule has 0 unspecified atom stereocenters. The van der Waals surface area contributed by atoms with Crippen molar-refractivity contribution in [1.29, 1.82) is 0 Å². The summed E-state index contributed by atoms with van der Waals surface area (Å²) in [6, 6.07) is 5.38. The van der Waals surface area contributed by atoms with Crippen molar-refractivity contribution in [3.05, 3.63) is 28.2 Å². The smallest absolute Gasteiger partial charge is 0.154 e. The van der Waals surface area contributed by atoms with Crippen molar-refractivity contribution in [3.63, 3.8) is 0 Å². The highest BCUT2D eigenvalue weighted by molar-refractivity contribution is 9.10. The van der Waals surface area contributed by atoms with Crippen LogP contribution in [-0.4, -0.2) is 14.2 Å². The quantitative estimate of drug-likeness (QED) is 0.862. The Kier molecular flexibility index (Phi) is 4.33. The first kappa shape index (κ1) is 13.9. The lowest BCUT2D eigenvalue weighted by Crippen LogP contribution is -2.16. The van der Waals surface area contributed by atoms with Gasteiger partial charge in [-0.2, -0.15) is 0 Å². The van der Waals surface area contributed by atoms with Crippen LogP contribution in [0.15, 0.2) is 22.7 Å². The van der Waals surface area contributed by atoms with Gasteiger partial charge in [0.15, 0.2) is 9.84 Å². The topological polar surface area (TPSA) is 60.2 Å². The lowest BCUT2D eigenvalue weighted by Gasteiger charge is -2.12. The van der Waals surface area contributed by atoms with E-state index < -0.39 is 9.84 Å². The molecule has 0 bridgehead atoms. The summed E-state index contributed by atoms with van der Waals surface area (Å²) in [5.41, 5.74) is 7.07. The van der Waals surface area contributed by atoms with Gasteiger partial charge in [-0.1, -0.05) is 34.8 Å². The van der Waals surface area contributed by atoms with Gasteiger partial charge in [-0.3, -0.25) is 0 Å². The van der Waals surface area contributed by atoms with E-state index in [1.54, 1.807) is 6.07 Å². The molecule has 18 heavy (non-hydrogen) atoms. The summed E-state index contributed by atoms with van der Waals surface area (Å²) in [7, 11) is -3.07. The molecule has 1 fully saturated rings. The fourth-order valence-corrected chi connectivity index (χ4v) is 5.18. The molecular weight excluding hydrogens is 314 g/mol. The summed E-state index contributed by atoms with van der Waals surface area (Å²) < 4.78 is 25.1. The van der Waals surface area contributed by atoms with Gasteiger partial charge >= 0.3 is 0 Å². The van der Waals surface area contributed by atoms with Crippen molar-refractivity contribution in [2.75, 3.05) is 11.5 Å². The molecule has 0 aliphatic heterocycles. The first-order valence-corrected chi connectivity index (χ1v) is 8.83. The first-order valence-electron chi connectivity index (χ1n) is 6.21. The van der Waals surface area contributed by atoms with Gasteiger partial charge < -0.3 is 5.73 Å². The number of hydrogen-bond donors (Lipinski definition) is 1. The van der Waals surface area contributed by atoms with E-state index in [0.717, 1.165) is 30.2 Å². The fourth-order valence-electron chi connectivity index (χ4n) is 2.54. The molecule has 0 radical (unpaired) electrons. The summed E-state index contributed by atoms with van der Waals surface area (Å²) in [5, 5.41) is 0. The van der Waals surface area contributed by atoms with Crippen molar-refractivity contribution < 1.29 is 8.42 Å². The summed E-state index contributed by atoms with van der Waals surface area (Å²) in [4.78, 5) is 0. The molecule has 0 heterocycles. The molecule has 1 saturated carbocycles. The SMILES string of the molecule is Nc1cccc(Br)c1CS(=O)(=O)CC1CCCC1. The predicted octanol–water partition coefficient (Wildman–Crippen LogP) is 3.14. The molecule has 5 heteroatoms. The van der Waals surface area contributed by atoms with Crippen LogP contribution >= 0.6 is 15.9 Å². The Bertz CT molecular complexity index is 502. The summed E-state index contributed by atoms with van der Waals surface area (Å²) in [6.07, 6.45) is 4.42. The number of halogens is 1. The second-order valence-corrected chi connectivity index (χ2v) is 7.98. The Morgan fingerprint density at radius 1 is 1.28 bits per heavy atom. The van der Waals surface area contributed by atoms with E-state index >= 15 is 0 Å². The monoisotopic (exact) mass is 331 g/mol. The fraction of sp³-hybridized carbons (Fsp3) is 0.538. The number of benzene rings is 1.